The van der Waals surface area contributed by atoms with Crippen LogP contribution in [0.1, 0.15) is 30.4 Å². The second kappa shape index (κ2) is 5.58. The lowest BCUT2D eigenvalue weighted by Gasteiger charge is -2.29. The molecule has 0 aliphatic heterocycles. The Morgan fingerprint density at radius 3 is 2.91 bits per heavy atom. The molecule has 1 saturated carbocycles. The van der Waals surface area contributed by atoms with Crippen LogP contribution in [0.3, 0.4) is 0 Å². The van der Waals surface area contributed by atoms with Crippen LogP contribution in [-0.4, -0.2) is 15.2 Å². The van der Waals surface area contributed by atoms with Crippen molar-refractivity contribution in [3.8, 4) is 0 Å². The second-order valence-electron chi connectivity index (χ2n) is 5.80. The molecule has 1 N–H and O–H groups in total. The first-order chi connectivity index (χ1) is 10.8. The molecular weight excluding hydrogens is 294 g/mol. The predicted molar refractivity (Wildman–Crippen MR) is 90.6 cm³/mol. The summed E-state index contributed by atoms with van der Waals surface area (Å²) < 4.78 is 0. The molecule has 2 heterocycles. The van der Waals surface area contributed by atoms with Crippen LogP contribution in [0, 0.1) is 5.92 Å². The lowest BCUT2D eigenvalue weighted by molar-refractivity contribution is 0.401. The van der Waals surface area contributed by atoms with Gasteiger partial charge in [0.25, 0.3) is 0 Å². The number of rotatable bonds is 3. The van der Waals surface area contributed by atoms with Gasteiger partial charge in [-0.25, -0.2) is 0 Å². The molecule has 4 heteroatoms. The molecule has 3 nitrogen and oxygen atoms in total. The van der Waals surface area contributed by atoms with Gasteiger partial charge in [0.05, 0.1) is 16.7 Å². The first kappa shape index (κ1) is 13.5. The van der Waals surface area contributed by atoms with Gasteiger partial charge in [-0.2, -0.15) is 5.10 Å². The monoisotopic (exact) mass is 309 g/mol. The van der Waals surface area contributed by atoms with Gasteiger partial charge in [-0.05, 0) is 53.7 Å². The van der Waals surface area contributed by atoms with E-state index in [0.29, 0.717) is 5.92 Å². The molecule has 0 unspecified atom stereocenters. The largest absolute Gasteiger partial charge is 0.278 e. The van der Waals surface area contributed by atoms with E-state index in [0.717, 1.165) is 21.5 Å². The number of aromatic amines is 1. The molecule has 0 spiro atoms. The highest BCUT2D eigenvalue weighted by Gasteiger charge is 2.24. The highest BCUT2D eigenvalue weighted by Crippen LogP contribution is 2.41. The standard InChI is InChI=1S/C18H16ClN3/c19-17-11-20-7-6-15(17)16(13-2-1-3-13)9-12-4-5-18-14(8-12)10-21-22-18/h4-11,13H,1-3H2,(H,21,22)/b16-9+. The lowest BCUT2D eigenvalue weighted by atomic mass is 9.76. The quantitative estimate of drug-likeness (QED) is 0.743. The number of nitrogens with zero attached hydrogens (tertiary/aromatic N) is 2. The van der Waals surface area contributed by atoms with E-state index in [2.05, 4.69) is 39.5 Å². The number of nitrogens with one attached hydrogen (secondary N) is 1. The van der Waals surface area contributed by atoms with E-state index >= 15 is 0 Å². The van der Waals surface area contributed by atoms with Crippen LogP contribution in [0.15, 0.2) is 42.9 Å². The molecule has 1 aliphatic rings. The average Bonchev–Trinajstić information content (AvgIpc) is 2.93. The van der Waals surface area contributed by atoms with Crippen molar-refractivity contribution in [2.45, 2.75) is 19.3 Å². The molecule has 4 rings (SSSR count). The Kier molecular flexibility index (Phi) is 3.43. The molecule has 1 fully saturated rings. The van der Waals surface area contributed by atoms with Crippen LogP contribution in [0.4, 0.5) is 0 Å². The molecule has 0 atom stereocenters. The van der Waals surface area contributed by atoms with E-state index in [1.807, 2.05) is 18.5 Å². The fourth-order valence-corrected chi connectivity index (χ4v) is 3.20. The van der Waals surface area contributed by atoms with Gasteiger partial charge in [-0.15, -0.1) is 0 Å². The van der Waals surface area contributed by atoms with Crippen molar-refractivity contribution < 1.29 is 0 Å². The number of H-pyrrole nitrogens is 1. The normalized spacial score (nSPS) is 16.0. The number of halogens is 1. The van der Waals surface area contributed by atoms with Crippen LogP contribution in [0.5, 0.6) is 0 Å². The Balaban J connectivity index is 1.81. The molecule has 0 radical (unpaired) electrons. The maximum absolute atomic E-state index is 6.37. The van der Waals surface area contributed by atoms with Gasteiger partial charge < -0.3 is 0 Å². The van der Waals surface area contributed by atoms with Crippen molar-refractivity contribution in [3.63, 3.8) is 0 Å². The number of allylic oxidation sites excluding steroid dienone is 1. The molecule has 110 valence electrons. The van der Waals surface area contributed by atoms with E-state index in [1.165, 1.54) is 30.4 Å². The van der Waals surface area contributed by atoms with E-state index in [1.54, 1.807) is 6.20 Å². The third kappa shape index (κ3) is 2.42. The zero-order chi connectivity index (χ0) is 14.9. The molecule has 0 bridgehead atoms. The van der Waals surface area contributed by atoms with Crippen LogP contribution < -0.4 is 0 Å². The fraction of sp³-hybridized carbons (Fsp3) is 0.222. The van der Waals surface area contributed by atoms with Crippen molar-refractivity contribution in [1.82, 2.24) is 15.2 Å². The van der Waals surface area contributed by atoms with Gasteiger partial charge in [0, 0.05) is 17.8 Å². The number of aromatic nitrogens is 3. The summed E-state index contributed by atoms with van der Waals surface area (Å²) in [6.07, 6.45) is 11.4. The summed E-state index contributed by atoms with van der Waals surface area (Å²) in [5.41, 5.74) is 4.67. The van der Waals surface area contributed by atoms with Gasteiger partial charge in [0.15, 0.2) is 0 Å². The van der Waals surface area contributed by atoms with Crippen LogP contribution in [0.2, 0.25) is 5.02 Å². The molecule has 3 aromatic rings. The van der Waals surface area contributed by atoms with Crippen molar-refractivity contribution in [2.75, 3.05) is 0 Å². The zero-order valence-electron chi connectivity index (χ0n) is 12.1. The maximum Gasteiger partial charge on any atom is 0.0664 e. The highest BCUT2D eigenvalue weighted by atomic mass is 35.5. The van der Waals surface area contributed by atoms with Gasteiger partial charge in [0.1, 0.15) is 0 Å². The maximum atomic E-state index is 6.37. The highest BCUT2D eigenvalue weighted by molar-refractivity contribution is 6.32. The van der Waals surface area contributed by atoms with Gasteiger partial charge >= 0.3 is 0 Å². The van der Waals surface area contributed by atoms with E-state index in [9.17, 15) is 0 Å². The molecule has 1 aliphatic carbocycles. The summed E-state index contributed by atoms with van der Waals surface area (Å²) in [5, 5.41) is 8.92. The van der Waals surface area contributed by atoms with Crippen LogP contribution in [0.25, 0.3) is 22.6 Å². The summed E-state index contributed by atoms with van der Waals surface area (Å²) >= 11 is 6.37. The minimum Gasteiger partial charge on any atom is -0.278 e. The summed E-state index contributed by atoms with van der Waals surface area (Å²) in [4.78, 5) is 4.10. The summed E-state index contributed by atoms with van der Waals surface area (Å²) in [6, 6.07) is 8.37. The summed E-state index contributed by atoms with van der Waals surface area (Å²) in [6.45, 7) is 0. The minimum absolute atomic E-state index is 0.597. The van der Waals surface area contributed by atoms with Crippen molar-refractivity contribution in [1.29, 1.82) is 0 Å². The first-order valence-corrected chi connectivity index (χ1v) is 7.94. The Labute approximate surface area is 134 Å². The number of hydrogen-bond donors (Lipinski definition) is 1. The number of fused-ring (bicyclic) bond motifs is 1. The third-order valence-electron chi connectivity index (χ3n) is 4.41. The molecule has 0 amide bonds. The molecule has 0 saturated heterocycles. The zero-order valence-corrected chi connectivity index (χ0v) is 12.8. The second-order valence-corrected chi connectivity index (χ2v) is 6.21. The van der Waals surface area contributed by atoms with E-state index < -0.39 is 0 Å². The number of pyridine rings is 1. The van der Waals surface area contributed by atoms with E-state index in [-0.39, 0.29) is 0 Å². The van der Waals surface area contributed by atoms with Crippen molar-refractivity contribution in [3.05, 3.63) is 59.0 Å². The fourth-order valence-electron chi connectivity index (χ4n) is 2.97. The van der Waals surface area contributed by atoms with E-state index in [4.69, 9.17) is 11.6 Å². The Hall–Kier alpha value is -2.13. The van der Waals surface area contributed by atoms with Gasteiger partial charge in [0.2, 0.25) is 0 Å². The molecule has 22 heavy (non-hydrogen) atoms. The molecule has 2 aromatic heterocycles. The lowest BCUT2D eigenvalue weighted by Crippen LogP contribution is -2.13. The number of benzene rings is 1. The van der Waals surface area contributed by atoms with Crippen molar-refractivity contribution in [2.24, 2.45) is 5.92 Å². The topological polar surface area (TPSA) is 41.6 Å². The van der Waals surface area contributed by atoms with Crippen LogP contribution in [-0.2, 0) is 0 Å². The van der Waals surface area contributed by atoms with Gasteiger partial charge in [-0.3, -0.25) is 10.1 Å². The summed E-state index contributed by atoms with van der Waals surface area (Å²) in [5.74, 6) is 0.597. The Morgan fingerprint density at radius 2 is 2.14 bits per heavy atom. The molecular formula is C18H16ClN3. The Morgan fingerprint density at radius 1 is 1.23 bits per heavy atom. The average molecular weight is 310 g/mol. The van der Waals surface area contributed by atoms with Crippen molar-refractivity contribution >= 4 is 34.2 Å². The number of hydrogen-bond acceptors (Lipinski definition) is 2. The third-order valence-corrected chi connectivity index (χ3v) is 4.72. The summed E-state index contributed by atoms with van der Waals surface area (Å²) in [7, 11) is 0. The predicted octanol–water partition coefficient (Wildman–Crippen LogP) is 4.95. The van der Waals surface area contributed by atoms with Crippen LogP contribution >= 0.6 is 11.6 Å². The minimum atomic E-state index is 0.597. The Bertz CT molecular complexity index is 846. The molecule has 1 aromatic carbocycles. The first-order valence-electron chi connectivity index (χ1n) is 7.56. The van der Waals surface area contributed by atoms with Gasteiger partial charge in [-0.1, -0.05) is 30.2 Å². The smallest absolute Gasteiger partial charge is 0.0664 e. The SMILES string of the molecule is Clc1cnccc1/C(=C/c1ccc2[nH]ncc2c1)C1CCC1.